The SMILES string of the molecule is COc1ccc(CNC(=O)c2cc3c(=O)n4ccccc4nc3[n+](CCCN3CCOCC3)c2N)cc1. The smallest absolute Gasteiger partial charge is 0.278 e. The second-order valence-corrected chi connectivity index (χ2v) is 9.02. The number of anilines is 1. The zero-order valence-corrected chi connectivity index (χ0v) is 20.9. The number of morpholine rings is 1. The summed E-state index contributed by atoms with van der Waals surface area (Å²) in [6.07, 6.45) is 2.46. The number of nitrogens with two attached hydrogens (primary N) is 1. The Morgan fingerprint density at radius 1 is 1.19 bits per heavy atom. The van der Waals surface area contributed by atoms with E-state index in [2.05, 4.69) is 10.2 Å². The molecule has 0 radical (unpaired) electrons. The number of carbonyl (C=O) groups excluding carboxylic acids is 1. The summed E-state index contributed by atoms with van der Waals surface area (Å²) < 4.78 is 13.9. The molecular weight excluding hydrogens is 472 g/mol. The minimum absolute atomic E-state index is 0.244. The van der Waals surface area contributed by atoms with Crippen molar-refractivity contribution in [2.45, 2.75) is 19.5 Å². The minimum Gasteiger partial charge on any atom is -0.497 e. The molecule has 1 aliphatic heterocycles. The van der Waals surface area contributed by atoms with Gasteiger partial charge in [0.25, 0.3) is 17.1 Å². The number of benzene rings is 1. The third kappa shape index (κ3) is 5.25. The fourth-order valence-electron chi connectivity index (χ4n) is 4.61. The summed E-state index contributed by atoms with van der Waals surface area (Å²) in [5.41, 5.74) is 8.50. The number of carbonyl (C=O) groups is 1. The number of rotatable bonds is 8. The van der Waals surface area contributed by atoms with Gasteiger partial charge < -0.3 is 20.5 Å². The van der Waals surface area contributed by atoms with Gasteiger partial charge in [-0.3, -0.25) is 18.9 Å². The second kappa shape index (κ2) is 10.9. The van der Waals surface area contributed by atoms with Gasteiger partial charge in [-0.1, -0.05) is 23.2 Å². The lowest BCUT2D eigenvalue weighted by molar-refractivity contribution is -0.659. The van der Waals surface area contributed by atoms with Crippen LogP contribution in [0.3, 0.4) is 0 Å². The quantitative estimate of drug-likeness (QED) is 0.276. The van der Waals surface area contributed by atoms with Crippen LogP contribution in [0, 0.1) is 0 Å². The summed E-state index contributed by atoms with van der Waals surface area (Å²) >= 11 is 0. The molecule has 4 aromatic rings. The maximum atomic E-state index is 13.4. The van der Waals surface area contributed by atoms with E-state index >= 15 is 0 Å². The van der Waals surface area contributed by atoms with Gasteiger partial charge in [0, 0.05) is 32.4 Å². The molecule has 0 unspecified atom stereocenters. The number of amides is 1. The molecule has 3 N–H and O–H groups in total. The first kappa shape index (κ1) is 24.7. The van der Waals surface area contributed by atoms with E-state index < -0.39 is 0 Å². The predicted octanol–water partition coefficient (Wildman–Crippen LogP) is 1.38. The number of hydrogen-bond acceptors (Lipinski definition) is 7. The van der Waals surface area contributed by atoms with Gasteiger partial charge in [0.1, 0.15) is 16.7 Å². The number of pyridine rings is 2. The summed E-state index contributed by atoms with van der Waals surface area (Å²) in [4.78, 5) is 33.7. The Morgan fingerprint density at radius 3 is 2.73 bits per heavy atom. The number of methoxy groups -OCH3 is 1. The van der Waals surface area contributed by atoms with Crippen LogP contribution in [0.15, 0.2) is 59.5 Å². The number of hydrogen-bond donors (Lipinski definition) is 2. The molecule has 1 saturated heterocycles. The molecule has 5 rings (SSSR count). The molecule has 192 valence electrons. The lowest BCUT2D eigenvalue weighted by atomic mass is 10.1. The number of nitrogen functional groups attached to an aromatic ring is 1. The van der Waals surface area contributed by atoms with Crippen LogP contribution in [0.2, 0.25) is 0 Å². The summed E-state index contributed by atoms with van der Waals surface area (Å²) in [5, 5.41) is 3.27. The highest BCUT2D eigenvalue weighted by molar-refractivity contribution is 6.00. The predicted molar refractivity (Wildman–Crippen MR) is 140 cm³/mol. The molecule has 37 heavy (non-hydrogen) atoms. The van der Waals surface area contributed by atoms with E-state index in [-0.39, 0.29) is 22.8 Å². The first-order valence-corrected chi connectivity index (χ1v) is 12.4. The molecule has 0 aliphatic carbocycles. The van der Waals surface area contributed by atoms with Crippen LogP contribution in [0.5, 0.6) is 5.75 Å². The van der Waals surface area contributed by atoms with Gasteiger partial charge in [0.05, 0.1) is 26.9 Å². The molecule has 4 heterocycles. The fraction of sp³-hybridized carbons (Fsp3) is 0.333. The van der Waals surface area contributed by atoms with Gasteiger partial charge in [-0.2, -0.15) is 0 Å². The van der Waals surface area contributed by atoms with E-state index in [1.54, 1.807) is 36.1 Å². The molecule has 1 aromatic carbocycles. The van der Waals surface area contributed by atoms with Crippen molar-refractivity contribution in [2.24, 2.45) is 0 Å². The van der Waals surface area contributed by atoms with E-state index in [0.29, 0.717) is 29.8 Å². The number of nitrogens with zero attached hydrogens (tertiary/aromatic N) is 4. The van der Waals surface area contributed by atoms with Crippen LogP contribution < -0.4 is 25.9 Å². The Balaban J connectivity index is 1.48. The van der Waals surface area contributed by atoms with Crippen LogP contribution >= 0.6 is 0 Å². The normalized spacial score (nSPS) is 14.2. The van der Waals surface area contributed by atoms with Gasteiger partial charge in [-0.15, -0.1) is 0 Å². The van der Waals surface area contributed by atoms with Crippen molar-refractivity contribution in [3.63, 3.8) is 0 Å². The van der Waals surface area contributed by atoms with E-state index in [1.165, 1.54) is 4.40 Å². The van der Waals surface area contributed by atoms with Gasteiger partial charge >= 0.3 is 0 Å². The molecule has 0 bridgehead atoms. The molecule has 3 aromatic heterocycles. The number of fused-ring (bicyclic) bond motifs is 2. The molecule has 1 fully saturated rings. The zero-order chi connectivity index (χ0) is 25.8. The molecular formula is C27H31N6O4+. The highest BCUT2D eigenvalue weighted by atomic mass is 16.5. The summed E-state index contributed by atoms with van der Waals surface area (Å²) in [6, 6.07) is 14.4. The first-order chi connectivity index (χ1) is 18.0. The third-order valence-electron chi connectivity index (χ3n) is 6.68. The first-order valence-electron chi connectivity index (χ1n) is 12.4. The van der Waals surface area contributed by atoms with Crippen molar-refractivity contribution >= 4 is 28.4 Å². The number of aromatic nitrogens is 3. The maximum absolute atomic E-state index is 13.4. The van der Waals surface area contributed by atoms with E-state index in [1.807, 2.05) is 30.3 Å². The Bertz CT molecular complexity index is 1480. The van der Waals surface area contributed by atoms with Crippen molar-refractivity contribution in [3.05, 3.63) is 76.2 Å². The Hall–Kier alpha value is -4.02. The highest BCUT2D eigenvalue weighted by Crippen LogP contribution is 2.16. The average molecular weight is 504 g/mol. The van der Waals surface area contributed by atoms with Crippen molar-refractivity contribution in [1.82, 2.24) is 19.6 Å². The Kier molecular flexibility index (Phi) is 7.29. The van der Waals surface area contributed by atoms with Crippen LogP contribution in [0.1, 0.15) is 22.3 Å². The van der Waals surface area contributed by atoms with Gasteiger partial charge in [0.2, 0.25) is 11.5 Å². The number of nitrogens with one attached hydrogen (secondary N) is 1. The lowest BCUT2D eigenvalue weighted by Crippen LogP contribution is -2.44. The molecule has 1 aliphatic rings. The number of ether oxygens (including phenoxy) is 2. The third-order valence-corrected chi connectivity index (χ3v) is 6.68. The molecule has 1 amide bonds. The summed E-state index contributed by atoms with van der Waals surface area (Å²) in [6.45, 7) is 4.93. The van der Waals surface area contributed by atoms with Crippen LogP contribution in [0.4, 0.5) is 5.82 Å². The van der Waals surface area contributed by atoms with Crippen molar-refractivity contribution in [3.8, 4) is 5.75 Å². The molecule has 0 spiro atoms. The molecule has 10 heteroatoms. The van der Waals surface area contributed by atoms with E-state index in [4.69, 9.17) is 20.2 Å². The topological polar surface area (TPSA) is 115 Å². The Labute approximate surface area is 214 Å². The van der Waals surface area contributed by atoms with Gasteiger partial charge in [-0.05, 0) is 42.3 Å². The van der Waals surface area contributed by atoms with Crippen LogP contribution in [0.25, 0.3) is 16.7 Å². The van der Waals surface area contributed by atoms with Gasteiger partial charge in [-0.25, -0.2) is 4.57 Å². The second-order valence-electron chi connectivity index (χ2n) is 9.02. The van der Waals surface area contributed by atoms with Crippen molar-refractivity contribution < 1.29 is 18.8 Å². The highest BCUT2D eigenvalue weighted by Gasteiger charge is 2.24. The molecule has 0 atom stereocenters. The monoisotopic (exact) mass is 503 g/mol. The molecule has 0 saturated carbocycles. The Morgan fingerprint density at radius 2 is 1.97 bits per heavy atom. The van der Waals surface area contributed by atoms with E-state index in [0.717, 1.165) is 50.6 Å². The largest absolute Gasteiger partial charge is 0.497 e. The zero-order valence-electron chi connectivity index (χ0n) is 20.9. The van der Waals surface area contributed by atoms with Crippen molar-refractivity contribution in [2.75, 3.05) is 45.7 Å². The lowest BCUT2D eigenvalue weighted by Gasteiger charge is -2.26. The van der Waals surface area contributed by atoms with Gasteiger partial charge in [0.15, 0.2) is 0 Å². The summed E-state index contributed by atoms with van der Waals surface area (Å²) in [7, 11) is 1.61. The maximum Gasteiger partial charge on any atom is 0.278 e. The van der Waals surface area contributed by atoms with Crippen LogP contribution in [-0.4, -0.2) is 60.1 Å². The minimum atomic E-state index is -0.352. The average Bonchev–Trinajstić information content (AvgIpc) is 2.94. The fourth-order valence-corrected chi connectivity index (χ4v) is 4.61. The molecule has 10 nitrogen and oxygen atoms in total. The number of aryl methyl sites for hydroxylation is 1. The van der Waals surface area contributed by atoms with Crippen LogP contribution in [-0.2, 0) is 17.8 Å². The standard InChI is InChI=1S/C27H30N6O4/c1-36-20-8-6-19(7-9-20)18-29-26(34)21-17-22-25(30-23-5-2-3-11-32(23)27(22)35)33(24(21)28)12-4-10-31-13-15-37-16-14-31/h2-3,5-9,11,17,28H,4,10,12-16,18H2,1H3,(H,29,34)/p+1. The van der Waals surface area contributed by atoms with Crippen molar-refractivity contribution in [1.29, 1.82) is 0 Å². The van der Waals surface area contributed by atoms with E-state index in [9.17, 15) is 9.59 Å². The summed E-state index contributed by atoms with van der Waals surface area (Å²) in [5.74, 6) is 0.677.